The Hall–Kier alpha value is -1.08. The van der Waals surface area contributed by atoms with Crippen molar-refractivity contribution in [1.29, 1.82) is 0 Å². The van der Waals surface area contributed by atoms with E-state index in [-0.39, 0.29) is 0 Å². The standard InChI is InChI=1S/C64H111N/c1-13-35-65(36-21-22-46(8)26-27-49-23-18-19-24-49)44-58(38-50-28-30-53(31-29-50)51(14-2)15-3)48(10)60(25-20-34-64(11,12)43-57-42-63-52(16-4)32-33-61(57)63)47(9)37-54-39-55-40-56(41-62(54)55)59(17-5)45(6)7/h14,28-31,45-49,52,54-63H,13,15-27,32-44H2,1-12H3. The quantitative estimate of drug-likeness (QED) is 0.0744. The third kappa shape index (κ3) is 14.5. The minimum Gasteiger partial charge on any atom is -0.303 e. The Bertz CT molecular complexity index is 1510. The zero-order valence-corrected chi connectivity index (χ0v) is 45.7. The van der Waals surface area contributed by atoms with Gasteiger partial charge in [-0.3, -0.25) is 0 Å². The zero-order chi connectivity index (χ0) is 46.7. The Morgan fingerprint density at radius 1 is 0.769 bits per heavy atom. The van der Waals surface area contributed by atoms with Gasteiger partial charge in [-0.05, 0) is 233 Å². The summed E-state index contributed by atoms with van der Waals surface area (Å²) in [5.74, 6) is 15.0. The van der Waals surface area contributed by atoms with Crippen LogP contribution in [0, 0.1) is 100 Å². The molecule has 0 radical (unpaired) electrons. The van der Waals surface area contributed by atoms with Gasteiger partial charge in [0.25, 0.3) is 0 Å². The largest absolute Gasteiger partial charge is 0.303 e. The summed E-state index contributed by atoms with van der Waals surface area (Å²) < 4.78 is 0. The van der Waals surface area contributed by atoms with Crippen molar-refractivity contribution in [3.63, 3.8) is 0 Å². The van der Waals surface area contributed by atoms with E-state index >= 15 is 0 Å². The van der Waals surface area contributed by atoms with E-state index in [1.165, 1.54) is 153 Å². The van der Waals surface area contributed by atoms with E-state index in [2.05, 4.69) is 118 Å². The van der Waals surface area contributed by atoms with E-state index in [1.807, 2.05) is 0 Å². The lowest BCUT2D eigenvalue weighted by Gasteiger charge is -2.47. The molecule has 5 fully saturated rings. The highest BCUT2D eigenvalue weighted by Crippen LogP contribution is 2.60. The van der Waals surface area contributed by atoms with Crippen molar-refractivity contribution in [2.24, 2.45) is 100 Å². The van der Waals surface area contributed by atoms with Crippen LogP contribution in [0.15, 0.2) is 30.3 Å². The molecule has 0 aliphatic heterocycles. The van der Waals surface area contributed by atoms with Gasteiger partial charge in [-0.1, -0.05) is 164 Å². The van der Waals surface area contributed by atoms with Crippen LogP contribution in [0.3, 0.4) is 0 Å². The third-order valence-electron chi connectivity index (χ3n) is 21.0. The molecule has 0 N–H and O–H groups in total. The van der Waals surface area contributed by atoms with E-state index in [1.54, 1.807) is 31.2 Å². The van der Waals surface area contributed by atoms with E-state index in [0.717, 1.165) is 95.2 Å². The third-order valence-corrected chi connectivity index (χ3v) is 21.0. The number of hydrogen-bond acceptors (Lipinski definition) is 1. The summed E-state index contributed by atoms with van der Waals surface area (Å²) in [5.41, 5.74) is 4.96. The lowest BCUT2D eigenvalue weighted by atomic mass is 9.59. The SMILES string of the molecule is CC=C(CC)c1ccc(CC(CN(CCC)CCCC(C)CCC2CCCC2)C(C)C(CCCC(C)(C)CC2CC3C(CC)CCC23)C(C)CC2CC3CC(C(CC)C(C)C)CC23)cc1. The molecule has 14 unspecified atom stereocenters. The summed E-state index contributed by atoms with van der Waals surface area (Å²) in [6.07, 6.45) is 37.0. The Morgan fingerprint density at radius 3 is 2.18 bits per heavy atom. The van der Waals surface area contributed by atoms with Gasteiger partial charge in [0.2, 0.25) is 0 Å². The van der Waals surface area contributed by atoms with Crippen LogP contribution in [0.1, 0.15) is 242 Å². The van der Waals surface area contributed by atoms with Crippen molar-refractivity contribution in [3.8, 4) is 0 Å². The summed E-state index contributed by atoms with van der Waals surface area (Å²) >= 11 is 0. The molecule has 5 aliphatic rings. The lowest BCUT2D eigenvalue weighted by Crippen LogP contribution is -2.40. The summed E-state index contributed by atoms with van der Waals surface area (Å²) in [6.45, 7) is 34.2. The fourth-order valence-electron chi connectivity index (χ4n) is 17.0. The van der Waals surface area contributed by atoms with Gasteiger partial charge in [-0.25, -0.2) is 0 Å². The van der Waals surface area contributed by atoms with Crippen LogP contribution in [-0.4, -0.2) is 24.5 Å². The zero-order valence-electron chi connectivity index (χ0n) is 45.7. The molecular formula is C64H111N. The molecule has 0 amide bonds. The topological polar surface area (TPSA) is 3.24 Å². The van der Waals surface area contributed by atoms with Gasteiger partial charge < -0.3 is 4.90 Å². The average Bonchev–Trinajstić information content (AvgIpc) is 4.01. The van der Waals surface area contributed by atoms with Crippen molar-refractivity contribution in [2.45, 2.75) is 237 Å². The normalized spacial score (nSPS) is 29.9. The maximum atomic E-state index is 2.96. The summed E-state index contributed by atoms with van der Waals surface area (Å²) in [6, 6.07) is 9.96. The van der Waals surface area contributed by atoms with Crippen LogP contribution in [-0.2, 0) is 6.42 Å². The lowest BCUT2D eigenvalue weighted by molar-refractivity contribution is 0.0305. The van der Waals surface area contributed by atoms with Gasteiger partial charge in [0, 0.05) is 6.54 Å². The van der Waals surface area contributed by atoms with Gasteiger partial charge in [-0.2, -0.15) is 0 Å². The molecule has 1 aromatic carbocycles. The molecule has 1 aromatic rings. The van der Waals surface area contributed by atoms with Crippen molar-refractivity contribution in [2.75, 3.05) is 19.6 Å². The molecule has 0 bridgehead atoms. The average molecular weight is 895 g/mol. The van der Waals surface area contributed by atoms with Crippen LogP contribution in [0.5, 0.6) is 0 Å². The van der Waals surface area contributed by atoms with E-state index < -0.39 is 0 Å². The summed E-state index contributed by atoms with van der Waals surface area (Å²) in [5, 5.41) is 0. The van der Waals surface area contributed by atoms with Crippen molar-refractivity contribution >= 4 is 5.57 Å². The first-order valence-electron chi connectivity index (χ1n) is 29.7. The van der Waals surface area contributed by atoms with Crippen molar-refractivity contribution in [3.05, 3.63) is 41.5 Å². The number of nitrogens with zero attached hydrogens (tertiary/aromatic N) is 1. The smallest absolute Gasteiger partial charge is 0.00155 e. The van der Waals surface area contributed by atoms with Gasteiger partial charge in [0.15, 0.2) is 0 Å². The minimum atomic E-state index is 0.473. The molecule has 5 saturated carbocycles. The molecule has 0 spiro atoms. The molecule has 6 rings (SSSR count). The highest BCUT2D eigenvalue weighted by molar-refractivity contribution is 5.65. The number of allylic oxidation sites excluding steroid dienone is 2. The molecule has 5 aliphatic carbocycles. The Balaban J connectivity index is 1.17. The number of fused-ring (bicyclic) bond motifs is 2. The molecule has 372 valence electrons. The second-order valence-electron chi connectivity index (χ2n) is 26.1. The van der Waals surface area contributed by atoms with Crippen LogP contribution >= 0.6 is 0 Å². The maximum absolute atomic E-state index is 2.96. The first-order valence-corrected chi connectivity index (χ1v) is 29.7. The summed E-state index contributed by atoms with van der Waals surface area (Å²) in [7, 11) is 0. The number of benzene rings is 1. The first kappa shape index (κ1) is 53.3. The Labute approximate surface area is 407 Å². The van der Waals surface area contributed by atoms with Crippen LogP contribution in [0.4, 0.5) is 0 Å². The predicted octanol–water partition coefficient (Wildman–Crippen LogP) is 19.0. The molecule has 1 heteroatoms. The Kier molecular flexibility index (Phi) is 21.0. The highest BCUT2D eigenvalue weighted by atomic mass is 15.1. The van der Waals surface area contributed by atoms with E-state index in [0.29, 0.717) is 11.3 Å². The highest BCUT2D eigenvalue weighted by Gasteiger charge is 2.51. The van der Waals surface area contributed by atoms with E-state index in [9.17, 15) is 0 Å². The van der Waals surface area contributed by atoms with Crippen LogP contribution in [0.2, 0.25) is 0 Å². The maximum Gasteiger partial charge on any atom is 0.00155 e. The monoisotopic (exact) mass is 894 g/mol. The Morgan fingerprint density at radius 2 is 1.52 bits per heavy atom. The van der Waals surface area contributed by atoms with Crippen molar-refractivity contribution < 1.29 is 0 Å². The second kappa shape index (κ2) is 25.7. The number of hydrogen-bond donors (Lipinski definition) is 0. The van der Waals surface area contributed by atoms with Gasteiger partial charge >= 0.3 is 0 Å². The van der Waals surface area contributed by atoms with Gasteiger partial charge in [0.05, 0.1) is 0 Å². The second-order valence-corrected chi connectivity index (χ2v) is 26.1. The molecular weight excluding hydrogens is 783 g/mol. The molecule has 65 heavy (non-hydrogen) atoms. The predicted molar refractivity (Wildman–Crippen MR) is 287 cm³/mol. The van der Waals surface area contributed by atoms with Crippen LogP contribution in [0.25, 0.3) is 5.57 Å². The molecule has 14 atom stereocenters. The van der Waals surface area contributed by atoms with Crippen molar-refractivity contribution in [1.82, 2.24) is 4.90 Å². The van der Waals surface area contributed by atoms with Gasteiger partial charge in [0.1, 0.15) is 0 Å². The fourth-order valence-corrected chi connectivity index (χ4v) is 17.0. The fraction of sp³-hybridized carbons (Fsp3) is 0.875. The molecule has 1 nitrogen and oxygen atoms in total. The van der Waals surface area contributed by atoms with E-state index in [4.69, 9.17) is 0 Å². The summed E-state index contributed by atoms with van der Waals surface area (Å²) in [4.78, 5) is 2.96. The molecule has 0 saturated heterocycles. The minimum absolute atomic E-state index is 0.473. The number of rotatable bonds is 30. The molecule has 0 aromatic heterocycles. The van der Waals surface area contributed by atoms with Crippen LogP contribution < -0.4 is 0 Å². The first-order chi connectivity index (χ1) is 31.3. The molecule has 0 heterocycles. The van der Waals surface area contributed by atoms with Gasteiger partial charge in [-0.15, -0.1) is 0 Å².